The van der Waals surface area contributed by atoms with Gasteiger partial charge >= 0.3 is 29.6 Å². The van der Waals surface area contributed by atoms with Crippen LogP contribution in [0.4, 0.5) is 14.5 Å². The monoisotopic (exact) mass is 487 g/mol. The summed E-state index contributed by atoms with van der Waals surface area (Å²) in [6.07, 6.45) is 5.69. The number of nitrogens with zero attached hydrogens (tertiary/aromatic N) is 5. The normalized spacial score (nSPS) is 13.4. The summed E-state index contributed by atoms with van der Waals surface area (Å²) in [6, 6.07) is 8.25. The van der Waals surface area contributed by atoms with E-state index in [4.69, 9.17) is 0 Å². The van der Waals surface area contributed by atoms with Gasteiger partial charge in [-0.3, -0.25) is 4.21 Å². The fourth-order valence-electron chi connectivity index (χ4n) is 2.94. The van der Waals surface area contributed by atoms with E-state index in [1.165, 1.54) is 23.3 Å². The van der Waals surface area contributed by atoms with E-state index >= 15 is 0 Å². The molecule has 0 bridgehead atoms. The van der Waals surface area contributed by atoms with Gasteiger partial charge in [-0.2, -0.15) is 5.10 Å². The van der Waals surface area contributed by atoms with Crippen molar-refractivity contribution in [1.82, 2.24) is 13.9 Å². The number of benzene rings is 1. The fourth-order valence-corrected chi connectivity index (χ4v) is 3.34. The van der Waals surface area contributed by atoms with Crippen LogP contribution in [0.5, 0.6) is 0 Å². The largest absolute Gasteiger partial charge is 1.00 e. The molecule has 33 heavy (non-hydrogen) atoms. The predicted octanol–water partition coefficient (Wildman–Crippen LogP) is 1.58. The van der Waals surface area contributed by atoms with Crippen LogP contribution in [-0.4, -0.2) is 51.2 Å². The van der Waals surface area contributed by atoms with Crippen molar-refractivity contribution in [3.8, 4) is 0 Å². The van der Waals surface area contributed by atoms with Gasteiger partial charge in [-0.05, 0) is 63.3 Å². The predicted molar refractivity (Wildman–Crippen MR) is 124 cm³/mol. The zero-order chi connectivity index (χ0) is 23.7. The van der Waals surface area contributed by atoms with Crippen LogP contribution in [-0.2, 0) is 11.2 Å². The van der Waals surface area contributed by atoms with Crippen LogP contribution in [0.25, 0.3) is 10.2 Å². The molecule has 3 aromatic rings. The summed E-state index contributed by atoms with van der Waals surface area (Å²) in [4.78, 5) is 14.5. The molecule has 4 rings (SSSR count). The summed E-state index contributed by atoms with van der Waals surface area (Å²) < 4.78 is 42.2. The Morgan fingerprint density at radius 2 is 1.61 bits per heavy atom. The van der Waals surface area contributed by atoms with Gasteiger partial charge in [-0.25, -0.2) is 17.6 Å². The van der Waals surface area contributed by atoms with Crippen molar-refractivity contribution in [3.05, 3.63) is 70.7 Å². The molecule has 1 saturated heterocycles. The van der Waals surface area contributed by atoms with E-state index in [9.17, 15) is 17.8 Å². The van der Waals surface area contributed by atoms with Crippen LogP contribution < -0.4 is 34.5 Å². The number of rotatable bonds is 4. The molecule has 2 aromatic heterocycles. The summed E-state index contributed by atoms with van der Waals surface area (Å²) in [5.41, 5.74) is 2.14. The van der Waals surface area contributed by atoms with Gasteiger partial charge in [-0.15, -0.1) is 0 Å². The Morgan fingerprint density at radius 3 is 2.12 bits per heavy atom. The standard InChI is InChI=1S/C14H19N5O2S.C6H4F2.C2H6.Na/c1-17(2)22(21)16-14(20)12-10-15-19-8-5-11(9-13(12)19)18-6-3-4-7-18;7-5-1-2-6(8)4-3-5;1-2;/h5,8-10H,3-4,6-7H2,1-2H3,(H,16,20);1-4H;1-2H3;/q;;;+1/p-1. The van der Waals surface area contributed by atoms with E-state index < -0.39 is 28.7 Å². The molecule has 7 nitrogen and oxygen atoms in total. The Morgan fingerprint density at radius 1 is 1.06 bits per heavy atom. The maximum Gasteiger partial charge on any atom is 1.00 e. The van der Waals surface area contributed by atoms with Crippen LogP contribution in [0.1, 0.15) is 37.0 Å². The van der Waals surface area contributed by atoms with Crippen molar-refractivity contribution in [3.63, 3.8) is 0 Å². The number of aromatic nitrogens is 2. The van der Waals surface area contributed by atoms with Crippen LogP contribution >= 0.6 is 0 Å². The van der Waals surface area contributed by atoms with E-state index in [1.54, 1.807) is 18.6 Å². The molecule has 1 aliphatic rings. The molecule has 0 spiro atoms. The van der Waals surface area contributed by atoms with Gasteiger partial charge in [-0.1, -0.05) is 13.8 Å². The average molecular weight is 488 g/mol. The third-order valence-corrected chi connectivity index (χ3v) is 5.43. The summed E-state index contributed by atoms with van der Waals surface area (Å²) in [5, 5.41) is 4.16. The molecule has 0 aliphatic carbocycles. The Balaban J connectivity index is 0.000000418. The van der Waals surface area contributed by atoms with Gasteiger partial charge < -0.3 is 14.4 Å². The zero-order valence-corrected chi connectivity index (χ0v) is 22.5. The molecular weight excluding hydrogens is 459 g/mol. The van der Waals surface area contributed by atoms with Gasteiger partial charge in [0.2, 0.25) is 0 Å². The molecule has 1 amide bonds. The van der Waals surface area contributed by atoms with Gasteiger partial charge in [0, 0.05) is 41.7 Å². The van der Waals surface area contributed by atoms with Gasteiger partial charge in [0.05, 0.1) is 17.6 Å². The van der Waals surface area contributed by atoms with E-state index in [0.717, 1.165) is 43.0 Å². The first-order valence-corrected chi connectivity index (χ1v) is 11.4. The number of carbonyl (C=O) groups is 1. The number of hydrogen-bond donors (Lipinski definition) is 0. The van der Waals surface area contributed by atoms with Crippen molar-refractivity contribution < 1.29 is 47.3 Å². The second-order valence-corrected chi connectivity index (χ2v) is 8.22. The molecule has 1 aromatic carbocycles. The molecule has 1 atom stereocenters. The Labute approximate surface area is 218 Å². The number of halogens is 2. The molecule has 11 heteroatoms. The van der Waals surface area contributed by atoms with E-state index in [-0.39, 0.29) is 29.6 Å². The molecule has 1 unspecified atom stereocenters. The van der Waals surface area contributed by atoms with Crippen LogP contribution in [0.3, 0.4) is 0 Å². The molecule has 1 fully saturated rings. The molecular formula is C22H28F2N5NaO2S. The van der Waals surface area contributed by atoms with Crippen molar-refractivity contribution >= 4 is 28.3 Å². The summed E-state index contributed by atoms with van der Waals surface area (Å²) in [5.74, 6) is -1.33. The molecule has 1 aliphatic heterocycles. The molecule has 174 valence electrons. The van der Waals surface area contributed by atoms with Crippen molar-refractivity contribution in [2.75, 3.05) is 32.1 Å². The van der Waals surface area contributed by atoms with E-state index in [0.29, 0.717) is 11.1 Å². The summed E-state index contributed by atoms with van der Waals surface area (Å²) in [7, 11) is 3.21. The molecule has 0 radical (unpaired) electrons. The van der Waals surface area contributed by atoms with Crippen LogP contribution in [0.15, 0.2) is 48.8 Å². The van der Waals surface area contributed by atoms with Crippen molar-refractivity contribution in [1.29, 1.82) is 0 Å². The number of fused-ring (bicyclic) bond motifs is 1. The minimum absolute atomic E-state index is 0. The van der Waals surface area contributed by atoms with Crippen LogP contribution in [0.2, 0.25) is 0 Å². The Bertz CT molecular complexity index is 1020. The minimum atomic E-state index is -1.68. The summed E-state index contributed by atoms with van der Waals surface area (Å²) in [6.45, 7) is 6.06. The second-order valence-electron chi connectivity index (χ2n) is 6.84. The van der Waals surface area contributed by atoms with E-state index in [2.05, 4.69) is 14.7 Å². The quantitative estimate of drug-likeness (QED) is 0.524. The maximum atomic E-state index is 12.2. The number of carbonyl (C=O) groups excluding carboxylic acids is 1. The maximum absolute atomic E-state index is 12.2. The number of hydrogen-bond acceptors (Lipinski definition) is 4. The first-order valence-electron chi connectivity index (χ1n) is 10.3. The van der Waals surface area contributed by atoms with Crippen molar-refractivity contribution in [2.45, 2.75) is 26.7 Å². The van der Waals surface area contributed by atoms with E-state index in [1.807, 2.05) is 32.2 Å². The average Bonchev–Trinajstić information content (AvgIpc) is 3.47. The molecule has 3 heterocycles. The first kappa shape index (κ1) is 29.2. The first-order chi connectivity index (χ1) is 15.3. The third kappa shape index (κ3) is 8.46. The topological polar surface area (TPSA) is 72.0 Å². The molecule has 0 saturated carbocycles. The fraction of sp³-hybridized carbons (Fsp3) is 0.364. The van der Waals surface area contributed by atoms with Gasteiger partial charge in [0.1, 0.15) is 11.6 Å². The van der Waals surface area contributed by atoms with Crippen molar-refractivity contribution in [2.24, 2.45) is 0 Å². The zero-order valence-electron chi connectivity index (χ0n) is 19.7. The third-order valence-electron chi connectivity index (χ3n) is 4.48. The molecule has 0 N–H and O–H groups in total. The number of pyridine rings is 1. The SMILES string of the molecule is CC.CN(C)S(=O)[N-]C(=O)c1cnn2ccc(N3CCCC3)cc12.Fc1ccc(F)cc1.[Na+]. The Kier molecular flexibility index (Phi) is 12.8. The number of amides is 1. The second kappa shape index (κ2) is 14.4. The van der Waals surface area contributed by atoms with Gasteiger partial charge in [0.15, 0.2) is 0 Å². The Hall–Kier alpha value is -1.85. The van der Waals surface area contributed by atoms with Crippen LogP contribution in [0, 0.1) is 11.6 Å². The van der Waals surface area contributed by atoms with Gasteiger partial charge in [0.25, 0.3) is 0 Å². The summed E-state index contributed by atoms with van der Waals surface area (Å²) >= 11 is -1.68. The minimum Gasteiger partial charge on any atom is -0.554 e. The smallest absolute Gasteiger partial charge is 0.554 e. The number of anilines is 1.